The Balaban J connectivity index is 2.60. The monoisotopic (exact) mass is 316 g/mol. The largest absolute Gasteiger partial charge is 0.435 e. The maximum absolute atomic E-state index is 12.2. The first-order valence-electron chi connectivity index (χ1n) is 7.18. The van der Waals surface area contributed by atoms with Gasteiger partial charge in [-0.25, -0.2) is 4.79 Å². The molecule has 0 fully saturated rings. The third-order valence-electron chi connectivity index (χ3n) is 3.24. The van der Waals surface area contributed by atoms with E-state index in [0.717, 1.165) is 0 Å². The van der Waals surface area contributed by atoms with E-state index in [1.807, 2.05) is 6.92 Å². The van der Waals surface area contributed by atoms with Crippen molar-refractivity contribution in [1.82, 2.24) is 10.6 Å². The molecule has 7 heteroatoms. The van der Waals surface area contributed by atoms with Crippen molar-refractivity contribution in [3.63, 3.8) is 0 Å². The predicted octanol–water partition coefficient (Wildman–Crippen LogP) is 2.81. The molecule has 0 saturated heterocycles. The lowest BCUT2D eigenvalue weighted by Gasteiger charge is -2.20. The van der Waals surface area contributed by atoms with Crippen LogP contribution in [-0.4, -0.2) is 30.4 Å². The van der Waals surface area contributed by atoms with E-state index in [1.165, 1.54) is 12.1 Å². The fraction of sp³-hybridized carbons (Fsp3) is 0.533. The minimum absolute atomic E-state index is 0.00134. The highest BCUT2D eigenvalue weighted by molar-refractivity contribution is 5.74. The Labute approximate surface area is 128 Å². The molecule has 0 spiro atoms. The van der Waals surface area contributed by atoms with Crippen LogP contribution in [0, 0.1) is 0 Å². The van der Waals surface area contributed by atoms with Crippen LogP contribution in [0.3, 0.4) is 0 Å². The summed E-state index contributed by atoms with van der Waals surface area (Å²) in [6, 6.07) is 5.35. The molecule has 124 valence electrons. The molecule has 1 aromatic carbocycles. The van der Waals surface area contributed by atoms with Crippen LogP contribution in [0.2, 0.25) is 0 Å². The molecule has 1 aromatic rings. The first-order valence-corrected chi connectivity index (χ1v) is 7.18. The van der Waals surface area contributed by atoms with Crippen LogP contribution in [0.5, 0.6) is 5.75 Å². The molecule has 0 aromatic heterocycles. The maximum Gasteiger partial charge on any atom is 0.387 e. The summed E-state index contributed by atoms with van der Waals surface area (Å²) in [5.41, 5.74) is 0.656. The van der Waals surface area contributed by atoms with E-state index in [0.29, 0.717) is 18.4 Å². The number of alkyl halides is 2. The van der Waals surface area contributed by atoms with Crippen LogP contribution in [-0.2, 0) is 0 Å². The summed E-state index contributed by atoms with van der Waals surface area (Å²) in [6.45, 7) is 0.774. The smallest absolute Gasteiger partial charge is 0.387 e. The summed E-state index contributed by atoms with van der Waals surface area (Å²) in [4.78, 5) is 11.9. The SMILES string of the molecule is CCC(CCO)NC(=O)NC(C)c1cccc(OC(F)F)c1. The fourth-order valence-corrected chi connectivity index (χ4v) is 2.00. The number of benzene rings is 1. The summed E-state index contributed by atoms with van der Waals surface area (Å²) in [5, 5.41) is 14.4. The highest BCUT2D eigenvalue weighted by Gasteiger charge is 2.14. The number of rotatable bonds is 8. The number of ether oxygens (including phenoxy) is 1. The molecule has 22 heavy (non-hydrogen) atoms. The predicted molar refractivity (Wildman–Crippen MR) is 78.9 cm³/mol. The van der Waals surface area contributed by atoms with Gasteiger partial charge in [0.05, 0.1) is 6.04 Å². The molecule has 0 radical (unpaired) electrons. The number of amides is 2. The Morgan fingerprint density at radius 1 is 1.36 bits per heavy atom. The van der Waals surface area contributed by atoms with E-state index in [-0.39, 0.29) is 30.5 Å². The number of hydrogen-bond acceptors (Lipinski definition) is 3. The number of aliphatic hydroxyl groups excluding tert-OH is 1. The molecule has 5 nitrogen and oxygen atoms in total. The number of nitrogens with one attached hydrogen (secondary N) is 2. The molecule has 3 N–H and O–H groups in total. The van der Waals surface area contributed by atoms with E-state index in [4.69, 9.17) is 5.11 Å². The van der Waals surface area contributed by atoms with Crippen molar-refractivity contribution in [2.45, 2.75) is 45.4 Å². The average molecular weight is 316 g/mol. The van der Waals surface area contributed by atoms with Crippen LogP contribution in [0.4, 0.5) is 13.6 Å². The van der Waals surface area contributed by atoms with Gasteiger partial charge in [0.25, 0.3) is 0 Å². The van der Waals surface area contributed by atoms with Gasteiger partial charge in [0.2, 0.25) is 0 Å². The molecule has 0 aliphatic carbocycles. The Morgan fingerprint density at radius 2 is 2.09 bits per heavy atom. The van der Waals surface area contributed by atoms with Crippen molar-refractivity contribution in [2.75, 3.05) is 6.61 Å². The fourth-order valence-electron chi connectivity index (χ4n) is 2.00. The Kier molecular flexibility index (Phi) is 7.59. The summed E-state index contributed by atoms with van der Waals surface area (Å²) in [7, 11) is 0. The van der Waals surface area contributed by atoms with E-state index in [9.17, 15) is 13.6 Å². The van der Waals surface area contributed by atoms with Gasteiger partial charge in [-0.2, -0.15) is 8.78 Å². The standard InChI is InChI=1S/C15H22F2N2O3/c1-3-12(7-8-20)19-15(21)18-10(2)11-5-4-6-13(9-11)22-14(16)17/h4-6,9-10,12,14,20H,3,7-8H2,1-2H3,(H2,18,19,21). The molecule has 0 bridgehead atoms. The van der Waals surface area contributed by atoms with Gasteiger partial charge < -0.3 is 20.5 Å². The van der Waals surface area contributed by atoms with Crippen LogP contribution in [0.1, 0.15) is 38.3 Å². The van der Waals surface area contributed by atoms with Crippen molar-refractivity contribution in [3.05, 3.63) is 29.8 Å². The molecular formula is C15H22F2N2O3. The molecule has 0 aliphatic heterocycles. The Bertz CT molecular complexity index is 472. The zero-order valence-electron chi connectivity index (χ0n) is 12.7. The van der Waals surface area contributed by atoms with Crippen molar-refractivity contribution < 1.29 is 23.4 Å². The zero-order chi connectivity index (χ0) is 16.5. The van der Waals surface area contributed by atoms with Crippen molar-refractivity contribution in [3.8, 4) is 5.75 Å². The number of carbonyl (C=O) groups is 1. The van der Waals surface area contributed by atoms with Gasteiger partial charge in [0.15, 0.2) is 0 Å². The van der Waals surface area contributed by atoms with E-state index in [1.54, 1.807) is 19.1 Å². The van der Waals surface area contributed by atoms with Gasteiger partial charge in [0.1, 0.15) is 5.75 Å². The molecule has 2 amide bonds. The number of urea groups is 1. The van der Waals surface area contributed by atoms with Crippen molar-refractivity contribution >= 4 is 6.03 Å². The van der Waals surface area contributed by atoms with Crippen molar-refractivity contribution in [1.29, 1.82) is 0 Å². The quantitative estimate of drug-likeness (QED) is 0.690. The third kappa shape index (κ3) is 6.26. The van der Waals surface area contributed by atoms with Gasteiger partial charge in [0, 0.05) is 12.6 Å². The van der Waals surface area contributed by atoms with Gasteiger partial charge in [-0.05, 0) is 37.5 Å². The molecule has 0 aliphatic rings. The topological polar surface area (TPSA) is 70.6 Å². The summed E-state index contributed by atoms with van der Waals surface area (Å²) >= 11 is 0. The normalized spacial score (nSPS) is 13.5. The van der Waals surface area contributed by atoms with E-state index >= 15 is 0 Å². The van der Waals surface area contributed by atoms with Crippen LogP contribution >= 0.6 is 0 Å². The lowest BCUT2D eigenvalue weighted by Crippen LogP contribution is -2.43. The average Bonchev–Trinajstić information content (AvgIpc) is 2.46. The number of aliphatic hydroxyl groups is 1. The van der Waals surface area contributed by atoms with Crippen molar-refractivity contribution in [2.24, 2.45) is 0 Å². The molecule has 1 rings (SSSR count). The summed E-state index contributed by atoms with van der Waals surface area (Å²) in [5.74, 6) is 0.0493. The molecular weight excluding hydrogens is 294 g/mol. The molecule has 2 atom stereocenters. The van der Waals surface area contributed by atoms with E-state index in [2.05, 4.69) is 15.4 Å². The lowest BCUT2D eigenvalue weighted by atomic mass is 10.1. The van der Waals surface area contributed by atoms with Gasteiger partial charge in [-0.3, -0.25) is 0 Å². The molecule has 0 saturated carbocycles. The number of carbonyl (C=O) groups excluding carboxylic acids is 1. The molecule has 2 unspecified atom stereocenters. The third-order valence-corrected chi connectivity index (χ3v) is 3.24. The first kappa shape index (κ1) is 18.2. The van der Waals surface area contributed by atoms with Crippen LogP contribution in [0.25, 0.3) is 0 Å². The molecule has 0 heterocycles. The number of halogens is 2. The maximum atomic E-state index is 12.2. The van der Waals surface area contributed by atoms with Gasteiger partial charge >= 0.3 is 12.6 Å². The first-order chi connectivity index (χ1) is 10.5. The van der Waals surface area contributed by atoms with Gasteiger partial charge in [-0.1, -0.05) is 19.1 Å². The highest BCUT2D eigenvalue weighted by Crippen LogP contribution is 2.20. The second-order valence-electron chi connectivity index (χ2n) is 4.91. The van der Waals surface area contributed by atoms with Gasteiger partial charge in [-0.15, -0.1) is 0 Å². The Hall–Kier alpha value is -1.89. The zero-order valence-corrected chi connectivity index (χ0v) is 12.7. The minimum Gasteiger partial charge on any atom is -0.435 e. The lowest BCUT2D eigenvalue weighted by molar-refractivity contribution is -0.0499. The number of hydrogen-bond donors (Lipinski definition) is 3. The summed E-state index contributed by atoms with van der Waals surface area (Å²) < 4.78 is 28.7. The van der Waals surface area contributed by atoms with E-state index < -0.39 is 6.61 Å². The Morgan fingerprint density at radius 3 is 2.68 bits per heavy atom. The second-order valence-corrected chi connectivity index (χ2v) is 4.91. The second kappa shape index (κ2) is 9.19. The van der Waals surface area contributed by atoms with Crippen LogP contribution in [0.15, 0.2) is 24.3 Å². The minimum atomic E-state index is -2.88. The highest BCUT2D eigenvalue weighted by atomic mass is 19.3. The summed E-state index contributed by atoms with van der Waals surface area (Å²) in [6.07, 6.45) is 1.19. The van der Waals surface area contributed by atoms with Crippen LogP contribution < -0.4 is 15.4 Å².